The third-order valence-corrected chi connectivity index (χ3v) is 1.89. The zero-order valence-electron chi connectivity index (χ0n) is 8.20. The van der Waals surface area contributed by atoms with E-state index in [0.29, 0.717) is 19.6 Å². The fourth-order valence-corrected chi connectivity index (χ4v) is 1.12. The van der Waals surface area contributed by atoms with Gasteiger partial charge in [0.2, 0.25) is 0 Å². The summed E-state index contributed by atoms with van der Waals surface area (Å²) in [5, 5.41) is 6.99. The van der Waals surface area contributed by atoms with Gasteiger partial charge in [0.25, 0.3) is 0 Å². The van der Waals surface area contributed by atoms with Crippen LogP contribution >= 0.6 is 0 Å². The Morgan fingerprint density at radius 2 is 1.93 bits per heavy atom. The quantitative estimate of drug-likeness (QED) is 0.408. The second kappa shape index (κ2) is 6.16. The van der Waals surface area contributed by atoms with Crippen LogP contribution in [-0.4, -0.2) is 19.0 Å². The number of nitrogens with one attached hydrogen (secondary N) is 1. The summed E-state index contributed by atoms with van der Waals surface area (Å²) in [5.41, 5.74) is 6.46. The Bertz CT molecular complexity index is 272. The van der Waals surface area contributed by atoms with E-state index in [9.17, 15) is 0 Å². The minimum Gasteiger partial charge on any atom is -0.388 e. The molecule has 0 aliphatic heterocycles. The van der Waals surface area contributed by atoms with Gasteiger partial charge in [0, 0.05) is 6.42 Å². The molecule has 0 amide bonds. The molecule has 0 aliphatic carbocycles. The van der Waals surface area contributed by atoms with Crippen LogP contribution in [0.15, 0.2) is 30.3 Å². The molecule has 0 heterocycles. The van der Waals surface area contributed by atoms with Crippen LogP contribution in [0.25, 0.3) is 0 Å². The second-order valence-corrected chi connectivity index (χ2v) is 3.12. The van der Waals surface area contributed by atoms with Crippen LogP contribution in [0.5, 0.6) is 0 Å². The molecule has 0 radical (unpaired) electrons. The van der Waals surface area contributed by atoms with E-state index in [-0.39, 0.29) is 5.84 Å². The molecule has 3 N–H and O–H groups in total. The summed E-state index contributed by atoms with van der Waals surface area (Å²) in [6, 6.07) is 10.2. The zero-order chi connectivity index (χ0) is 10.2. The largest absolute Gasteiger partial charge is 0.388 e. The fourth-order valence-electron chi connectivity index (χ4n) is 1.12. The number of rotatable bonds is 6. The van der Waals surface area contributed by atoms with Crippen molar-refractivity contribution < 1.29 is 4.74 Å². The van der Waals surface area contributed by atoms with Crippen LogP contribution in [0, 0.1) is 5.41 Å². The molecule has 3 heteroatoms. The van der Waals surface area contributed by atoms with E-state index >= 15 is 0 Å². The Morgan fingerprint density at radius 3 is 2.57 bits per heavy atom. The molecule has 1 aromatic carbocycles. The molecule has 0 aromatic heterocycles. The monoisotopic (exact) mass is 192 g/mol. The molecular weight excluding hydrogens is 176 g/mol. The van der Waals surface area contributed by atoms with E-state index in [1.54, 1.807) is 0 Å². The Kier molecular flexibility index (Phi) is 4.72. The molecule has 3 nitrogen and oxygen atoms in total. The van der Waals surface area contributed by atoms with Crippen molar-refractivity contribution in [3.63, 3.8) is 0 Å². The molecule has 0 saturated carbocycles. The minimum absolute atomic E-state index is 0.185. The molecule has 0 bridgehead atoms. The van der Waals surface area contributed by atoms with Gasteiger partial charge in [0.15, 0.2) is 0 Å². The van der Waals surface area contributed by atoms with Crippen LogP contribution in [-0.2, 0) is 11.2 Å². The maximum absolute atomic E-state index is 6.99. The highest BCUT2D eigenvalue weighted by atomic mass is 16.5. The van der Waals surface area contributed by atoms with Crippen LogP contribution in [0.1, 0.15) is 12.0 Å². The highest BCUT2D eigenvalue weighted by Gasteiger charge is 1.93. The van der Waals surface area contributed by atoms with E-state index in [0.717, 1.165) is 6.42 Å². The highest BCUT2D eigenvalue weighted by molar-refractivity contribution is 5.76. The summed E-state index contributed by atoms with van der Waals surface area (Å²) >= 11 is 0. The maximum atomic E-state index is 6.99. The number of benzene rings is 1. The summed E-state index contributed by atoms with van der Waals surface area (Å²) in [6.45, 7) is 1.24. The van der Waals surface area contributed by atoms with Gasteiger partial charge in [-0.3, -0.25) is 5.41 Å². The van der Waals surface area contributed by atoms with Crippen molar-refractivity contribution in [2.75, 3.05) is 13.2 Å². The molecular formula is C11H16N2O. The first-order valence-corrected chi connectivity index (χ1v) is 4.73. The number of ether oxygens (including phenoxy) is 1. The van der Waals surface area contributed by atoms with Crippen molar-refractivity contribution in [3.8, 4) is 0 Å². The summed E-state index contributed by atoms with van der Waals surface area (Å²) in [5.74, 6) is 0.185. The summed E-state index contributed by atoms with van der Waals surface area (Å²) < 4.78 is 5.33. The predicted molar refractivity (Wildman–Crippen MR) is 57.5 cm³/mol. The molecule has 0 spiro atoms. The van der Waals surface area contributed by atoms with Gasteiger partial charge in [0.1, 0.15) is 0 Å². The lowest BCUT2D eigenvalue weighted by molar-refractivity contribution is 0.144. The smallest absolute Gasteiger partial charge is 0.0928 e. The first-order chi connectivity index (χ1) is 6.79. The normalized spacial score (nSPS) is 10.0. The summed E-state index contributed by atoms with van der Waals surface area (Å²) in [6.07, 6.45) is 1.44. The topological polar surface area (TPSA) is 59.1 Å². The molecule has 0 saturated heterocycles. The van der Waals surface area contributed by atoms with Gasteiger partial charge in [-0.15, -0.1) is 0 Å². The Balaban J connectivity index is 2.08. The lowest BCUT2D eigenvalue weighted by Crippen LogP contribution is -2.13. The standard InChI is InChI=1S/C11H16N2O/c12-11(13)7-9-14-8-6-10-4-2-1-3-5-10/h1-5H,6-9H2,(H3,12,13). The van der Waals surface area contributed by atoms with Crippen molar-refractivity contribution >= 4 is 5.84 Å². The molecule has 76 valence electrons. The lowest BCUT2D eigenvalue weighted by atomic mass is 10.2. The molecule has 14 heavy (non-hydrogen) atoms. The molecule has 0 fully saturated rings. The average molecular weight is 192 g/mol. The maximum Gasteiger partial charge on any atom is 0.0928 e. The molecule has 0 aliphatic rings. The number of hydrogen-bond donors (Lipinski definition) is 2. The number of nitrogens with two attached hydrogens (primary N) is 1. The van der Waals surface area contributed by atoms with Crippen molar-refractivity contribution in [3.05, 3.63) is 35.9 Å². The number of amidine groups is 1. The fraction of sp³-hybridized carbons (Fsp3) is 0.364. The van der Waals surface area contributed by atoms with E-state index in [2.05, 4.69) is 12.1 Å². The first-order valence-electron chi connectivity index (χ1n) is 4.73. The van der Waals surface area contributed by atoms with E-state index in [4.69, 9.17) is 15.9 Å². The van der Waals surface area contributed by atoms with Gasteiger partial charge in [-0.25, -0.2) is 0 Å². The average Bonchev–Trinajstić information content (AvgIpc) is 2.18. The third kappa shape index (κ3) is 4.62. The molecule has 1 rings (SSSR count). The van der Waals surface area contributed by atoms with Crippen LogP contribution in [0.2, 0.25) is 0 Å². The lowest BCUT2D eigenvalue weighted by Gasteiger charge is -2.03. The summed E-state index contributed by atoms with van der Waals surface area (Å²) in [4.78, 5) is 0. The molecule has 0 unspecified atom stereocenters. The first kappa shape index (κ1) is 10.7. The van der Waals surface area contributed by atoms with Crippen molar-refractivity contribution in [2.45, 2.75) is 12.8 Å². The Hall–Kier alpha value is -1.35. The van der Waals surface area contributed by atoms with Gasteiger partial charge in [-0.1, -0.05) is 30.3 Å². The van der Waals surface area contributed by atoms with Crippen molar-refractivity contribution in [2.24, 2.45) is 5.73 Å². The van der Waals surface area contributed by atoms with Gasteiger partial charge in [-0.2, -0.15) is 0 Å². The molecule has 1 aromatic rings. The van der Waals surface area contributed by atoms with E-state index in [1.807, 2.05) is 18.2 Å². The van der Waals surface area contributed by atoms with Crippen LogP contribution in [0.4, 0.5) is 0 Å². The van der Waals surface area contributed by atoms with Gasteiger partial charge < -0.3 is 10.5 Å². The van der Waals surface area contributed by atoms with Crippen LogP contribution < -0.4 is 5.73 Å². The van der Waals surface area contributed by atoms with Crippen molar-refractivity contribution in [1.82, 2.24) is 0 Å². The molecule has 0 atom stereocenters. The SMILES string of the molecule is N=C(N)CCOCCc1ccccc1. The third-order valence-electron chi connectivity index (χ3n) is 1.89. The second-order valence-electron chi connectivity index (χ2n) is 3.12. The zero-order valence-corrected chi connectivity index (χ0v) is 8.20. The van der Waals surface area contributed by atoms with E-state index in [1.165, 1.54) is 5.56 Å². The summed E-state index contributed by atoms with van der Waals surface area (Å²) in [7, 11) is 0. The predicted octanol–water partition coefficient (Wildman–Crippen LogP) is 1.57. The van der Waals surface area contributed by atoms with Gasteiger partial charge in [0.05, 0.1) is 19.0 Å². The van der Waals surface area contributed by atoms with Crippen LogP contribution in [0.3, 0.4) is 0 Å². The minimum atomic E-state index is 0.185. The Morgan fingerprint density at radius 1 is 1.21 bits per heavy atom. The van der Waals surface area contributed by atoms with Crippen molar-refractivity contribution in [1.29, 1.82) is 5.41 Å². The number of hydrogen-bond acceptors (Lipinski definition) is 2. The van der Waals surface area contributed by atoms with Gasteiger partial charge >= 0.3 is 0 Å². The van der Waals surface area contributed by atoms with Gasteiger partial charge in [-0.05, 0) is 12.0 Å². The van der Waals surface area contributed by atoms with E-state index < -0.39 is 0 Å². The Labute approximate surface area is 84.4 Å². The highest BCUT2D eigenvalue weighted by Crippen LogP contribution is 1.99.